The van der Waals surface area contributed by atoms with Crippen LogP contribution in [-0.2, 0) is 0 Å². The summed E-state index contributed by atoms with van der Waals surface area (Å²) in [7, 11) is -3.98. The second kappa shape index (κ2) is 27.0. The van der Waals surface area contributed by atoms with Gasteiger partial charge in [0.2, 0.25) is 0 Å². The number of hydrogen-bond acceptors (Lipinski definition) is 9. The number of benzene rings is 3. The van der Waals surface area contributed by atoms with Crippen LogP contribution in [0.5, 0.6) is 17.2 Å². The molecule has 320 valence electrons. The van der Waals surface area contributed by atoms with Gasteiger partial charge in [-0.05, 0) is 101 Å². The zero-order valence-corrected chi connectivity index (χ0v) is 37.4. The van der Waals surface area contributed by atoms with Gasteiger partial charge in [-0.1, -0.05) is 116 Å². The van der Waals surface area contributed by atoms with Crippen LogP contribution in [0.25, 0.3) is 0 Å². The first-order valence-corrected chi connectivity index (χ1v) is 24.1. The van der Waals surface area contributed by atoms with E-state index < -0.39 is 26.3 Å². The number of amides is 3. The van der Waals surface area contributed by atoms with Crippen LogP contribution in [-0.4, -0.2) is 44.6 Å². The molecule has 0 N–H and O–H groups in total. The van der Waals surface area contributed by atoms with Gasteiger partial charge in [0.25, 0.3) is 17.7 Å². The Morgan fingerprint density at radius 3 is 0.983 bits per heavy atom. The molecule has 3 atom stereocenters. The predicted molar refractivity (Wildman–Crippen MR) is 235 cm³/mol. The molecule has 0 saturated carbocycles. The molecule has 3 aromatic rings. The van der Waals surface area contributed by atoms with Crippen LogP contribution >= 0.6 is 0 Å². The maximum absolute atomic E-state index is 13.7. The lowest BCUT2D eigenvalue weighted by Crippen LogP contribution is -2.23. The third-order valence-electron chi connectivity index (χ3n) is 9.98. The van der Waals surface area contributed by atoms with E-state index in [1.807, 2.05) is 0 Å². The van der Waals surface area contributed by atoms with Gasteiger partial charge < -0.3 is 14.2 Å². The minimum Gasteiger partial charge on any atom is -0.490 e. The molecule has 3 unspecified atom stereocenters. The highest BCUT2D eigenvalue weighted by Crippen LogP contribution is 2.27. The summed E-state index contributed by atoms with van der Waals surface area (Å²) < 4.78 is 31.7. The first-order valence-electron chi connectivity index (χ1n) is 21.8. The van der Waals surface area contributed by atoms with Crippen molar-refractivity contribution in [3.8, 4) is 17.2 Å². The summed E-state index contributed by atoms with van der Waals surface area (Å²) in [5, 5.41) is 12.1. The smallest absolute Gasteiger partial charge is 0.490 e. The zero-order valence-electron chi connectivity index (χ0n) is 36.4. The molecule has 13 heteroatoms. The van der Waals surface area contributed by atoms with Crippen LogP contribution in [0.3, 0.4) is 0 Å². The lowest BCUT2D eigenvalue weighted by molar-refractivity contribution is 0.0979. The fourth-order valence-corrected chi connectivity index (χ4v) is 7.28. The molecule has 0 saturated heterocycles. The Balaban J connectivity index is 1.98. The van der Waals surface area contributed by atoms with Crippen molar-refractivity contribution in [2.45, 2.75) is 163 Å². The van der Waals surface area contributed by atoms with Gasteiger partial charge in [0, 0.05) is 0 Å². The molecule has 3 amide bonds. The molecule has 0 aromatic heterocycles. The van der Waals surface area contributed by atoms with Gasteiger partial charge >= 0.3 is 8.56 Å². The Kier molecular flexibility index (Phi) is 22.1. The maximum atomic E-state index is 13.7. The van der Waals surface area contributed by atoms with E-state index in [-0.39, 0.29) is 35.0 Å². The van der Waals surface area contributed by atoms with Crippen LogP contribution in [0.2, 0.25) is 6.55 Å². The summed E-state index contributed by atoms with van der Waals surface area (Å²) in [6.45, 7) is 14.1. The Labute approximate surface area is 353 Å². The monoisotopic (exact) mass is 826 g/mol. The zero-order chi connectivity index (χ0) is 42.9. The molecule has 0 aliphatic heterocycles. The predicted octanol–water partition coefficient (Wildman–Crippen LogP) is 13.6. The molecule has 0 aliphatic carbocycles. The highest BCUT2D eigenvalue weighted by Gasteiger charge is 2.33. The molecule has 0 aliphatic rings. The molecule has 0 spiro atoms. The Morgan fingerprint density at radius 2 is 0.729 bits per heavy atom. The van der Waals surface area contributed by atoms with Gasteiger partial charge in [-0.3, -0.25) is 14.4 Å². The molecule has 59 heavy (non-hydrogen) atoms. The van der Waals surface area contributed by atoms with Crippen LogP contribution in [0.15, 0.2) is 102 Å². The molecule has 3 rings (SSSR count). The minimum absolute atomic E-state index is 0.0710. The Hall–Kier alpha value is -4.91. The third-order valence-corrected chi connectivity index (χ3v) is 11.4. The molecular formula is C46H66N6O6Si. The van der Waals surface area contributed by atoms with Crippen LogP contribution < -0.4 is 14.2 Å². The van der Waals surface area contributed by atoms with Crippen molar-refractivity contribution < 1.29 is 28.6 Å². The molecule has 3 aromatic carbocycles. The van der Waals surface area contributed by atoms with Crippen molar-refractivity contribution in [3.63, 3.8) is 0 Å². The summed E-state index contributed by atoms with van der Waals surface area (Å²) in [4.78, 5) is 41.0. The molecule has 0 fully saturated rings. The molecule has 12 nitrogen and oxygen atoms in total. The Bertz CT molecular complexity index is 1630. The van der Waals surface area contributed by atoms with Gasteiger partial charge in [0.15, 0.2) is 0 Å². The Morgan fingerprint density at radius 1 is 0.458 bits per heavy atom. The molecule has 0 radical (unpaired) electrons. The highest BCUT2D eigenvalue weighted by atomic mass is 28.4. The summed E-state index contributed by atoms with van der Waals surface area (Å²) in [5.74, 6) is -0.887. The normalized spacial score (nSPS) is 14.3. The number of carbonyl (C=O) groups is 3. The van der Waals surface area contributed by atoms with E-state index in [2.05, 4.69) is 71.2 Å². The summed E-state index contributed by atoms with van der Waals surface area (Å²) in [6.07, 6.45) is 14.3. The van der Waals surface area contributed by atoms with Crippen molar-refractivity contribution in [2.24, 2.45) is 29.7 Å². The van der Waals surface area contributed by atoms with E-state index in [4.69, 9.17) is 14.2 Å². The van der Waals surface area contributed by atoms with Gasteiger partial charge in [-0.2, -0.15) is 14.3 Å². The van der Waals surface area contributed by atoms with Gasteiger partial charge in [0.05, 0.1) is 35.0 Å². The van der Waals surface area contributed by atoms with E-state index in [0.29, 0.717) is 17.2 Å². The average molecular weight is 827 g/mol. The second-order valence-corrected chi connectivity index (χ2v) is 17.4. The number of nitrogens with zero attached hydrogens (tertiary/aromatic N) is 6. The number of hydrogen-bond donors (Lipinski definition) is 0. The first kappa shape index (κ1) is 48.5. The first-order chi connectivity index (χ1) is 28.6. The van der Waals surface area contributed by atoms with E-state index >= 15 is 0 Å². The van der Waals surface area contributed by atoms with Gasteiger partial charge in [0.1, 0.15) is 17.2 Å². The number of para-hydroxylation sites is 3. The summed E-state index contributed by atoms with van der Waals surface area (Å²) in [5.41, 5.74) is 0.649. The van der Waals surface area contributed by atoms with Crippen molar-refractivity contribution in [1.29, 1.82) is 0 Å². The maximum Gasteiger partial charge on any atom is 0.490 e. The fraction of sp³-hybridized carbons (Fsp3) is 0.543. The van der Waals surface area contributed by atoms with E-state index in [1.165, 1.54) is 6.55 Å². The standard InChI is InChI=1S/C46H66N6O6Si/c1-8-14-17-26-35(11-4)56-41-32-23-20-29-38(41)44(53)47-50-59(7,51-48-45(54)39-30-21-24-33-42(39)57-36(12-5)27-18-15-9-2)52-49-46(55)40-31-22-25-34-43(40)58-37(13-6)28-19-16-10-3/h20-25,29-37H,8-19,26-28H2,1-7H3. The summed E-state index contributed by atoms with van der Waals surface area (Å²) in [6, 6.07) is 20.6. The van der Waals surface area contributed by atoms with Crippen molar-refractivity contribution in [2.75, 3.05) is 0 Å². The lowest BCUT2D eigenvalue weighted by atomic mass is 10.1. The van der Waals surface area contributed by atoms with Crippen molar-refractivity contribution in [3.05, 3.63) is 89.5 Å². The summed E-state index contributed by atoms with van der Waals surface area (Å²) >= 11 is 0. The van der Waals surface area contributed by atoms with Crippen LogP contribution in [0.1, 0.15) is 169 Å². The number of carbonyl (C=O) groups excluding carboxylic acids is 3. The highest BCUT2D eigenvalue weighted by molar-refractivity contribution is 6.73. The van der Waals surface area contributed by atoms with Crippen molar-refractivity contribution in [1.82, 2.24) is 0 Å². The van der Waals surface area contributed by atoms with E-state index in [0.717, 1.165) is 96.3 Å². The average Bonchev–Trinajstić information content (AvgIpc) is 3.26. The minimum atomic E-state index is -3.98. The largest absolute Gasteiger partial charge is 0.490 e. The second-order valence-electron chi connectivity index (χ2n) is 14.9. The number of rotatable bonds is 27. The lowest BCUT2D eigenvalue weighted by Gasteiger charge is -2.19. The molecule has 0 heterocycles. The topological polar surface area (TPSA) is 153 Å². The fourth-order valence-electron chi connectivity index (χ4n) is 6.32. The van der Waals surface area contributed by atoms with Crippen LogP contribution in [0.4, 0.5) is 0 Å². The van der Waals surface area contributed by atoms with E-state index in [9.17, 15) is 14.4 Å². The van der Waals surface area contributed by atoms with Crippen LogP contribution in [0, 0.1) is 0 Å². The van der Waals surface area contributed by atoms with E-state index in [1.54, 1.807) is 72.8 Å². The van der Waals surface area contributed by atoms with Crippen molar-refractivity contribution >= 4 is 26.3 Å². The van der Waals surface area contributed by atoms with Gasteiger partial charge in [-0.25, -0.2) is 0 Å². The quantitative estimate of drug-likeness (QED) is 0.0423. The molecular weight excluding hydrogens is 761 g/mol. The van der Waals surface area contributed by atoms with Gasteiger partial charge in [-0.15, -0.1) is 15.3 Å². The number of unbranched alkanes of at least 4 members (excludes halogenated alkanes) is 6. The molecule has 0 bridgehead atoms. The SMILES string of the molecule is CCCCCC(CC)Oc1ccccc1C(=O)N=N[Si](C)(N=NC(=O)c1ccccc1OC(CC)CCCCC)N=NC(=O)c1ccccc1OC(CC)CCCCC. The number of ether oxygens (including phenoxy) is 3. The third kappa shape index (κ3) is 16.7.